The number of nitrogens with zero attached hydrogens (tertiary/aromatic N) is 1. The van der Waals surface area contributed by atoms with Crippen LogP contribution < -0.4 is 4.74 Å². The second-order valence-electron chi connectivity index (χ2n) is 17.8. The number of aromatic nitrogens is 1. The van der Waals surface area contributed by atoms with Crippen molar-refractivity contribution >= 4 is 27.3 Å². The van der Waals surface area contributed by atoms with E-state index in [0.29, 0.717) is 23.2 Å². The van der Waals surface area contributed by atoms with Crippen LogP contribution in [0.2, 0.25) is 0 Å². The fraction of sp³-hybridized carbons (Fsp3) is 0.417. The van der Waals surface area contributed by atoms with Gasteiger partial charge in [0.2, 0.25) is 5.88 Å². The smallest absolute Gasteiger partial charge is 0.217 e. The number of ether oxygens (including phenoxy) is 1. The van der Waals surface area contributed by atoms with Crippen molar-refractivity contribution in [1.29, 1.82) is 0 Å². The normalized spacial score (nSPS) is 31.9. The van der Waals surface area contributed by atoms with Crippen molar-refractivity contribution in [2.24, 2.45) is 46.3 Å². The first kappa shape index (κ1) is 34.9. The molecule has 13 rings (SSSR count). The number of carbonyl (C=O) groups is 1. The first-order valence-electron chi connectivity index (χ1n) is 19.9. The maximum absolute atomic E-state index is 13.4. The maximum atomic E-state index is 13.4. The molecule has 5 heteroatoms. The molecule has 0 spiro atoms. The number of carbonyl (C=O) groups excluding carboxylic acids is 1. The largest absolute Gasteiger partial charge is 0.512 e. The van der Waals surface area contributed by atoms with Gasteiger partial charge in [0, 0.05) is 60.4 Å². The number of hydrogen-bond donors (Lipinski definition) is 1. The van der Waals surface area contributed by atoms with Crippen LogP contribution in [-0.2, 0) is 24.9 Å². The van der Waals surface area contributed by atoms with Crippen molar-refractivity contribution in [3.05, 3.63) is 115 Å². The van der Waals surface area contributed by atoms with E-state index in [1.807, 2.05) is 48.7 Å². The zero-order valence-electron chi connectivity index (χ0n) is 30.3. The Morgan fingerprint density at radius 1 is 0.642 bits per heavy atom. The van der Waals surface area contributed by atoms with Crippen molar-refractivity contribution in [3.63, 3.8) is 0 Å². The summed E-state index contributed by atoms with van der Waals surface area (Å²) < 4.78 is 5.99. The molecular weight excluding hydrogens is 831 g/mol. The van der Waals surface area contributed by atoms with Gasteiger partial charge in [0.15, 0.2) is 5.78 Å². The van der Waals surface area contributed by atoms with Crippen LogP contribution in [-0.4, -0.2) is 15.9 Å². The fourth-order valence-electron chi connectivity index (χ4n) is 12.6. The summed E-state index contributed by atoms with van der Waals surface area (Å²) in [5, 5.41) is 15.8. The van der Waals surface area contributed by atoms with Gasteiger partial charge < -0.3 is 9.84 Å². The summed E-state index contributed by atoms with van der Waals surface area (Å²) in [4.78, 5) is 17.8. The second kappa shape index (κ2) is 13.8. The number of pyridine rings is 1. The van der Waals surface area contributed by atoms with Crippen molar-refractivity contribution in [3.8, 4) is 22.8 Å². The molecule has 53 heavy (non-hydrogen) atoms. The van der Waals surface area contributed by atoms with E-state index in [-0.39, 0.29) is 30.9 Å². The Morgan fingerprint density at radius 2 is 1.17 bits per heavy atom. The fourth-order valence-corrected chi connectivity index (χ4v) is 12.6. The molecule has 0 atom stereocenters. The van der Waals surface area contributed by atoms with E-state index in [1.54, 1.807) is 6.08 Å². The van der Waals surface area contributed by atoms with Crippen LogP contribution in [0.25, 0.3) is 32.7 Å². The molecule has 1 N–H and O–H groups in total. The molecular formula is C48H48IrNO3-. The molecule has 0 unspecified atom stereocenters. The molecule has 8 saturated carbocycles. The molecule has 8 bridgehead atoms. The topological polar surface area (TPSA) is 59.4 Å². The number of hydrogen-bond acceptors (Lipinski definition) is 4. The average Bonchev–Trinajstić information content (AvgIpc) is 3.14. The monoisotopic (exact) mass is 879 g/mol. The van der Waals surface area contributed by atoms with E-state index in [2.05, 4.69) is 59.6 Å². The number of fused-ring (bicyclic) bond motifs is 2. The third kappa shape index (κ3) is 6.67. The number of aliphatic hydroxyl groups excluding tert-OH is 1. The zero-order valence-corrected chi connectivity index (χ0v) is 32.7. The van der Waals surface area contributed by atoms with Crippen LogP contribution in [0.15, 0.2) is 109 Å². The minimum Gasteiger partial charge on any atom is -0.512 e. The number of ketones is 1. The van der Waals surface area contributed by atoms with Gasteiger partial charge in [0.1, 0.15) is 5.76 Å². The van der Waals surface area contributed by atoms with E-state index >= 15 is 0 Å². The second-order valence-corrected chi connectivity index (χ2v) is 17.8. The summed E-state index contributed by atoms with van der Waals surface area (Å²) >= 11 is 0. The molecule has 273 valence electrons. The third-order valence-corrected chi connectivity index (χ3v) is 14.1. The van der Waals surface area contributed by atoms with Gasteiger partial charge in [-0.1, -0.05) is 54.6 Å². The maximum Gasteiger partial charge on any atom is 0.217 e. The Morgan fingerprint density at radius 3 is 1.75 bits per heavy atom. The number of allylic oxidation sites excluding steroid dienone is 2. The van der Waals surface area contributed by atoms with Gasteiger partial charge in [0.05, 0.1) is 0 Å². The van der Waals surface area contributed by atoms with E-state index in [0.717, 1.165) is 95.9 Å². The summed E-state index contributed by atoms with van der Waals surface area (Å²) in [5.74, 6) is 6.86. The first-order chi connectivity index (χ1) is 25.4. The Bertz CT molecular complexity index is 2120. The predicted octanol–water partition coefficient (Wildman–Crippen LogP) is 12.1. The van der Waals surface area contributed by atoms with Crippen LogP contribution in [0.4, 0.5) is 0 Å². The number of rotatable bonds is 6. The Hall–Kier alpha value is -3.79. The Labute approximate surface area is 326 Å². The van der Waals surface area contributed by atoms with E-state index in [1.165, 1.54) is 49.3 Å². The van der Waals surface area contributed by atoms with Gasteiger partial charge in [0.25, 0.3) is 0 Å². The van der Waals surface area contributed by atoms with E-state index in [4.69, 9.17) is 4.74 Å². The summed E-state index contributed by atoms with van der Waals surface area (Å²) in [6, 6.07) is 33.9. The van der Waals surface area contributed by atoms with Gasteiger partial charge >= 0.3 is 0 Å². The van der Waals surface area contributed by atoms with Crippen LogP contribution in [0, 0.1) is 52.4 Å². The molecule has 0 aliphatic heterocycles. The van der Waals surface area contributed by atoms with Crippen molar-refractivity contribution < 1.29 is 34.7 Å². The Kier molecular flexibility index (Phi) is 9.10. The number of aliphatic hydroxyl groups is 1. The standard InChI is InChI=1S/C25H16NO.C23H32O2.Ir/c1-2-7-18(8-3-1)21-11-6-12-24(15-21)27-25-16-22-13-19-9-4-5-10-20(19)14-23(22)17-26-25;24-20(22-8-14-1-15(9-22)3-16(2-14)10-22)7-21(25)23-11-17-4-18(12-23)6-19(5-17)13-23;/h1-11,13-17H;7,14-19,24H,1-6,8-13H2;/q-1;;/b;20-7-;. The molecule has 8 aliphatic carbocycles. The van der Waals surface area contributed by atoms with Crippen molar-refractivity contribution in [1.82, 2.24) is 4.98 Å². The molecule has 0 saturated heterocycles. The van der Waals surface area contributed by atoms with Gasteiger partial charge in [-0.2, -0.15) is 12.1 Å². The Balaban J connectivity index is 0.000000138. The van der Waals surface area contributed by atoms with Crippen molar-refractivity contribution in [2.75, 3.05) is 0 Å². The molecule has 1 radical (unpaired) electrons. The van der Waals surface area contributed by atoms with Crippen LogP contribution >= 0.6 is 0 Å². The molecule has 4 aromatic carbocycles. The summed E-state index contributed by atoms with van der Waals surface area (Å²) in [6.07, 6.45) is 18.7. The summed E-state index contributed by atoms with van der Waals surface area (Å²) in [6.45, 7) is 0. The van der Waals surface area contributed by atoms with E-state index < -0.39 is 0 Å². The molecule has 8 fully saturated rings. The molecule has 8 aliphatic rings. The van der Waals surface area contributed by atoms with E-state index in [9.17, 15) is 9.90 Å². The van der Waals surface area contributed by atoms with Crippen LogP contribution in [0.3, 0.4) is 0 Å². The third-order valence-electron chi connectivity index (χ3n) is 14.1. The average molecular weight is 879 g/mol. The molecule has 0 amide bonds. The molecule has 4 nitrogen and oxygen atoms in total. The molecule has 1 heterocycles. The number of benzene rings is 4. The zero-order chi connectivity index (χ0) is 34.9. The predicted molar refractivity (Wildman–Crippen MR) is 207 cm³/mol. The summed E-state index contributed by atoms with van der Waals surface area (Å²) in [5.41, 5.74) is 2.13. The SMILES string of the molecule is O=C(/C=C(\O)C12CC3CC(CC(C3)C1)C2)C12CC3CC(CC(C3)C1)C2.[Ir].[c-]1ccc(-c2ccccc2)cc1Oc1cc2cc3ccccc3cc2cn1. The molecule has 1 aromatic heterocycles. The minimum absolute atomic E-state index is 0. The minimum atomic E-state index is -0.0922. The van der Waals surface area contributed by atoms with Crippen molar-refractivity contribution in [2.45, 2.75) is 77.0 Å². The summed E-state index contributed by atoms with van der Waals surface area (Å²) in [7, 11) is 0. The van der Waals surface area contributed by atoms with Gasteiger partial charge in [-0.15, -0.1) is 17.7 Å². The molecule has 5 aromatic rings. The first-order valence-corrected chi connectivity index (χ1v) is 19.9. The van der Waals surface area contributed by atoms with Gasteiger partial charge in [-0.05, 0) is 146 Å². The van der Waals surface area contributed by atoms with Gasteiger partial charge in [-0.3, -0.25) is 4.79 Å². The van der Waals surface area contributed by atoms with Crippen LogP contribution in [0.5, 0.6) is 11.6 Å². The van der Waals surface area contributed by atoms with Gasteiger partial charge in [-0.25, -0.2) is 4.98 Å². The quantitative estimate of drug-likeness (QED) is 0.0799. The van der Waals surface area contributed by atoms with Crippen LogP contribution in [0.1, 0.15) is 77.0 Å².